The average molecular weight is 587 g/mol. The van der Waals surface area contributed by atoms with Crippen LogP contribution in [0.25, 0.3) is 11.3 Å². The predicted molar refractivity (Wildman–Crippen MR) is 167 cm³/mol. The number of anilines is 2. The summed E-state index contributed by atoms with van der Waals surface area (Å²) in [7, 11) is 1.53. The highest BCUT2D eigenvalue weighted by Gasteiger charge is 2.16. The van der Waals surface area contributed by atoms with E-state index < -0.39 is 17.7 Å². The van der Waals surface area contributed by atoms with Crippen molar-refractivity contribution in [3.05, 3.63) is 103 Å². The summed E-state index contributed by atoms with van der Waals surface area (Å²) in [5.41, 5.74) is 2.79. The molecule has 1 aromatic heterocycles. The van der Waals surface area contributed by atoms with Crippen molar-refractivity contribution in [1.82, 2.24) is 10.3 Å². The van der Waals surface area contributed by atoms with Crippen molar-refractivity contribution in [3.8, 4) is 22.8 Å². The zero-order valence-electron chi connectivity index (χ0n) is 25.1. The van der Waals surface area contributed by atoms with E-state index in [-0.39, 0.29) is 6.54 Å². The van der Waals surface area contributed by atoms with E-state index in [4.69, 9.17) is 18.6 Å². The van der Waals surface area contributed by atoms with Crippen LogP contribution < -0.4 is 25.4 Å². The number of methoxy groups -OCH3 is 1. The highest BCUT2D eigenvalue weighted by Crippen LogP contribution is 2.32. The Morgan fingerprint density at radius 3 is 2.35 bits per heavy atom. The highest BCUT2D eigenvalue weighted by atomic mass is 16.6. The van der Waals surface area contributed by atoms with E-state index in [1.807, 2.05) is 37.3 Å². The number of carbonyl (C=O) groups is 2. The molecule has 0 aliphatic carbocycles. The van der Waals surface area contributed by atoms with Crippen molar-refractivity contribution >= 4 is 23.5 Å². The number of hydrogen-bond acceptors (Lipinski definition) is 7. The summed E-state index contributed by atoms with van der Waals surface area (Å²) in [4.78, 5) is 29.0. The Balaban J connectivity index is 0.00000162. The van der Waals surface area contributed by atoms with E-state index in [9.17, 15) is 9.59 Å². The van der Waals surface area contributed by atoms with Gasteiger partial charge in [0.25, 0.3) is 0 Å². The van der Waals surface area contributed by atoms with Crippen LogP contribution in [0.15, 0.2) is 96.4 Å². The van der Waals surface area contributed by atoms with Gasteiger partial charge in [-0.15, -0.1) is 6.58 Å². The number of carbonyl (C=O) groups excluding carboxylic acids is 2. The molecule has 0 fully saturated rings. The fourth-order valence-corrected chi connectivity index (χ4v) is 3.76. The number of urea groups is 1. The standard InChI is InChI=1S/C30H32N4O6.C3H6/c1-30(2,3)40-29(36)32-16-21-12-23(14-24(13-21)38-18-20-8-6-5-7-9-20)34-28(35)33-22-10-11-25(26(15-22)37-4)27-17-31-19-39-27;1-3-2/h5-15,17,19H,16,18H2,1-4H3,(H,32,36)(H2,33,34,35);3H,1H2,2H3. The van der Waals surface area contributed by atoms with E-state index in [1.165, 1.54) is 13.5 Å². The lowest BCUT2D eigenvalue weighted by Crippen LogP contribution is -2.32. The molecule has 0 atom stereocenters. The van der Waals surface area contributed by atoms with Gasteiger partial charge >= 0.3 is 12.1 Å². The number of ether oxygens (including phenoxy) is 3. The maximum atomic E-state index is 12.9. The summed E-state index contributed by atoms with van der Waals surface area (Å²) in [5.74, 6) is 1.59. The number of alkyl carbamates (subject to hydrolysis) is 1. The average Bonchev–Trinajstić information content (AvgIpc) is 3.50. The Bertz CT molecular complexity index is 1480. The van der Waals surface area contributed by atoms with Gasteiger partial charge in [-0.1, -0.05) is 36.4 Å². The number of oxazole rings is 1. The first-order valence-electron chi connectivity index (χ1n) is 13.6. The first kappa shape index (κ1) is 32.3. The molecule has 0 bridgehead atoms. The molecule has 3 aromatic carbocycles. The molecule has 0 spiro atoms. The molecule has 0 aliphatic rings. The van der Waals surface area contributed by atoms with Crippen LogP contribution in [0, 0.1) is 0 Å². The molecular formula is C33H38N4O6. The van der Waals surface area contributed by atoms with Gasteiger partial charge in [0.05, 0.1) is 18.9 Å². The lowest BCUT2D eigenvalue weighted by Gasteiger charge is -2.20. The first-order chi connectivity index (χ1) is 20.6. The van der Waals surface area contributed by atoms with E-state index >= 15 is 0 Å². The van der Waals surface area contributed by atoms with E-state index in [1.54, 1.807) is 69.4 Å². The topological polar surface area (TPSA) is 124 Å². The summed E-state index contributed by atoms with van der Waals surface area (Å²) in [6.45, 7) is 11.1. The van der Waals surface area contributed by atoms with Crippen LogP contribution in [-0.4, -0.2) is 29.8 Å². The normalized spacial score (nSPS) is 10.4. The maximum Gasteiger partial charge on any atom is 0.407 e. The van der Waals surface area contributed by atoms with Gasteiger partial charge in [-0.05, 0) is 63.1 Å². The largest absolute Gasteiger partial charge is 0.496 e. The van der Waals surface area contributed by atoms with E-state index in [0.29, 0.717) is 46.4 Å². The minimum absolute atomic E-state index is 0.175. The minimum Gasteiger partial charge on any atom is -0.496 e. The van der Waals surface area contributed by atoms with Crippen molar-refractivity contribution in [3.63, 3.8) is 0 Å². The van der Waals surface area contributed by atoms with Gasteiger partial charge in [0.1, 0.15) is 23.7 Å². The quantitative estimate of drug-likeness (QED) is 0.171. The number of aromatic nitrogens is 1. The third kappa shape index (κ3) is 10.9. The molecule has 226 valence electrons. The Morgan fingerprint density at radius 1 is 0.977 bits per heavy atom. The molecule has 0 aliphatic heterocycles. The molecule has 10 nitrogen and oxygen atoms in total. The summed E-state index contributed by atoms with van der Waals surface area (Å²) in [6, 6.07) is 19.7. The fraction of sp³-hybridized carbons (Fsp3) is 0.242. The Kier molecular flexibility index (Phi) is 11.8. The number of benzene rings is 3. The molecule has 0 unspecified atom stereocenters. The SMILES string of the molecule is C=CC.COc1cc(NC(=O)Nc2cc(CNC(=O)OC(C)(C)C)cc(OCc3ccccc3)c2)ccc1-c1cnco1. The smallest absolute Gasteiger partial charge is 0.407 e. The summed E-state index contributed by atoms with van der Waals surface area (Å²) < 4.78 is 22.1. The van der Waals surface area contributed by atoms with Gasteiger partial charge < -0.3 is 34.6 Å². The predicted octanol–water partition coefficient (Wildman–Crippen LogP) is 7.79. The second-order valence-electron chi connectivity index (χ2n) is 10.3. The van der Waals surface area contributed by atoms with Crippen molar-refractivity contribution < 1.29 is 28.2 Å². The van der Waals surface area contributed by atoms with Crippen LogP contribution in [0.5, 0.6) is 11.5 Å². The molecule has 43 heavy (non-hydrogen) atoms. The molecule has 3 N–H and O–H groups in total. The first-order valence-corrected chi connectivity index (χ1v) is 13.6. The van der Waals surface area contributed by atoms with Crippen LogP contribution in [0.4, 0.5) is 21.0 Å². The Morgan fingerprint density at radius 2 is 1.70 bits per heavy atom. The van der Waals surface area contributed by atoms with Crippen molar-refractivity contribution in [2.45, 2.75) is 46.4 Å². The van der Waals surface area contributed by atoms with Gasteiger partial charge in [0.2, 0.25) is 0 Å². The van der Waals surface area contributed by atoms with E-state index in [2.05, 4.69) is 27.5 Å². The van der Waals surface area contributed by atoms with E-state index in [0.717, 1.165) is 5.56 Å². The molecule has 3 amide bonds. The highest BCUT2D eigenvalue weighted by molar-refractivity contribution is 6.00. The number of hydrogen-bond donors (Lipinski definition) is 3. The molecule has 4 aromatic rings. The second-order valence-corrected chi connectivity index (χ2v) is 10.3. The van der Waals surface area contributed by atoms with Crippen LogP contribution in [-0.2, 0) is 17.9 Å². The summed E-state index contributed by atoms with van der Waals surface area (Å²) >= 11 is 0. The minimum atomic E-state index is -0.620. The molecule has 4 rings (SSSR count). The zero-order chi connectivity index (χ0) is 31.2. The molecular weight excluding hydrogens is 548 g/mol. The third-order valence-corrected chi connectivity index (χ3v) is 5.47. The number of nitrogens with zero attached hydrogens (tertiary/aromatic N) is 1. The van der Waals surface area contributed by atoms with Gasteiger partial charge in [0.15, 0.2) is 12.2 Å². The third-order valence-electron chi connectivity index (χ3n) is 5.47. The molecule has 10 heteroatoms. The molecule has 0 radical (unpaired) electrons. The van der Waals surface area contributed by atoms with Crippen molar-refractivity contribution in [1.29, 1.82) is 0 Å². The van der Waals surface area contributed by atoms with Gasteiger partial charge in [-0.25, -0.2) is 14.6 Å². The van der Waals surface area contributed by atoms with Crippen LogP contribution in [0.1, 0.15) is 38.8 Å². The Labute approximate surface area is 252 Å². The van der Waals surface area contributed by atoms with Gasteiger partial charge in [-0.2, -0.15) is 0 Å². The maximum absolute atomic E-state index is 12.9. The fourth-order valence-electron chi connectivity index (χ4n) is 3.76. The number of rotatable bonds is 9. The Hall–Kier alpha value is -5.25. The van der Waals surface area contributed by atoms with Crippen LogP contribution in [0.3, 0.4) is 0 Å². The number of amides is 3. The monoisotopic (exact) mass is 586 g/mol. The molecule has 0 saturated carbocycles. The number of allylic oxidation sites excluding steroid dienone is 1. The van der Waals surface area contributed by atoms with Crippen LogP contribution in [0.2, 0.25) is 0 Å². The summed E-state index contributed by atoms with van der Waals surface area (Å²) in [5, 5.41) is 8.37. The zero-order valence-corrected chi connectivity index (χ0v) is 25.1. The molecule has 0 saturated heterocycles. The number of nitrogens with one attached hydrogen (secondary N) is 3. The van der Waals surface area contributed by atoms with Gasteiger partial charge in [-0.3, -0.25) is 0 Å². The molecule has 1 heterocycles. The second kappa shape index (κ2) is 15.7. The van der Waals surface area contributed by atoms with Crippen molar-refractivity contribution in [2.75, 3.05) is 17.7 Å². The van der Waals surface area contributed by atoms with Crippen LogP contribution >= 0.6 is 0 Å². The lowest BCUT2D eigenvalue weighted by atomic mass is 10.1. The van der Waals surface area contributed by atoms with Gasteiger partial charge in [0, 0.05) is 30.1 Å². The lowest BCUT2D eigenvalue weighted by molar-refractivity contribution is 0.0523. The summed E-state index contributed by atoms with van der Waals surface area (Å²) in [6.07, 6.45) is 4.13. The van der Waals surface area contributed by atoms with Crippen molar-refractivity contribution in [2.24, 2.45) is 0 Å².